The maximum absolute atomic E-state index is 6.28. The summed E-state index contributed by atoms with van der Waals surface area (Å²) in [6.45, 7) is 4.13. The van der Waals surface area contributed by atoms with Crippen LogP contribution in [0.3, 0.4) is 0 Å². The SMILES string of the molecule is Cc1ccccc1-c1ncc2c(n1)C(C)(N)CC2. The molecule has 1 aliphatic carbocycles. The minimum Gasteiger partial charge on any atom is -0.320 e. The van der Waals surface area contributed by atoms with Gasteiger partial charge in [-0.25, -0.2) is 9.97 Å². The van der Waals surface area contributed by atoms with E-state index in [0.29, 0.717) is 0 Å². The van der Waals surface area contributed by atoms with Crippen LogP contribution in [0.4, 0.5) is 0 Å². The predicted octanol–water partition coefficient (Wildman–Crippen LogP) is 2.57. The van der Waals surface area contributed by atoms with Crippen molar-refractivity contribution in [1.82, 2.24) is 9.97 Å². The highest BCUT2D eigenvalue weighted by atomic mass is 14.9. The van der Waals surface area contributed by atoms with Gasteiger partial charge in [0.1, 0.15) is 0 Å². The molecule has 0 fully saturated rings. The number of nitrogens with zero attached hydrogens (tertiary/aromatic N) is 2. The van der Waals surface area contributed by atoms with Gasteiger partial charge >= 0.3 is 0 Å². The van der Waals surface area contributed by atoms with E-state index >= 15 is 0 Å². The van der Waals surface area contributed by atoms with E-state index < -0.39 is 0 Å². The molecule has 0 amide bonds. The van der Waals surface area contributed by atoms with E-state index in [0.717, 1.165) is 29.9 Å². The molecule has 1 aromatic heterocycles. The largest absolute Gasteiger partial charge is 0.320 e. The fraction of sp³-hybridized carbons (Fsp3) is 0.333. The first-order valence-electron chi connectivity index (χ1n) is 6.29. The van der Waals surface area contributed by atoms with Crippen LogP contribution >= 0.6 is 0 Å². The van der Waals surface area contributed by atoms with Gasteiger partial charge in [-0.2, -0.15) is 0 Å². The molecule has 2 aromatic rings. The number of nitrogens with two attached hydrogens (primary N) is 1. The third kappa shape index (κ3) is 1.71. The summed E-state index contributed by atoms with van der Waals surface area (Å²) in [6.07, 6.45) is 3.87. The number of aryl methyl sites for hydroxylation is 2. The average Bonchev–Trinajstić information content (AvgIpc) is 2.66. The second kappa shape index (κ2) is 3.89. The molecule has 0 spiro atoms. The summed E-state index contributed by atoms with van der Waals surface area (Å²) in [4.78, 5) is 9.18. The zero-order chi connectivity index (χ0) is 12.8. The Kier molecular flexibility index (Phi) is 2.45. The van der Waals surface area contributed by atoms with Gasteiger partial charge in [-0.15, -0.1) is 0 Å². The van der Waals surface area contributed by atoms with Crippen molar-refractivity contribution in [3.8, 4) is 11.4 Å². The van der Waals surface area contributed by atoms with E-state index in [4.69, 9.17) is 10.7 Å². The molecular formula is C15H17N3. The minimum absolute atomic E-state index is 0.310. The van der Waals surface area contributed by atoms with Crippen LogP contribution in [0.15, 0.2) is 30.5 Å². The van der Waals surface area contributed by atoms with Crippen molar-refractivity contribution in [2.24, 2.45) is 5.73 Å². The van der Waals surface area contributed by atoms with Gasteiger partial charge in [-0.05, 0) is 37.8 Å². The van der Waals surface area contributed by atoms with E-state index in [1.807, 2.05) is 25.3 Å². The van der Waals surface area contributed by atoms with Crippen LogP contribution in [0.5, 0.6) is 0 Å². The number of rotatable bonds is 1. The van der Waals surface area contributed by atoms with Gasteiger partial charge in [0.2, 0.25) is 0 Å². The summed E-state index contributed by atoms with van der Waals surface area (Å²) in [5.74, 6) is 0.783. The van der Waals surface area contributed by atoms with Gasteiger partial charge in [-0.3, -0.25) is 0 Å². The van der Waals surface area contributed by atoms with Gasteiger partial charge in [0.15, 0.2) is 5.82 Å². The van der Waals surface area contributed by atoms with Crippen LogP contribution in [0.2, 0.25) is 0 Å². The van der Waals surface area contributed by atoms with Crippen molar-refractivity contribution < 1.29 is 0 Å². The van der Waals surface area contributed by atoms with Gasteiger partial charge in [-0.1, -0.05) is 24.3 Å². The molecular weight excluding hydrogens is 222 g/mol. The third-order valence-electron chi connectivity index (χ3n) is 3.71. The fourth-order valence-electron chi connectivity index (χ4n) is 2.55. The lowest BCUT2D eigenvalue weighted by Crippen LogP contribution is -2.31. The van der Waals surface area contributed by atoms with Crippen molar-refractivity contribution >= 4 is 0 Å². The van der Waals surface area contributed by atoms with E-state index in [-0.39, 0.29) is 5.54 Å². The monoisotopic (exact) mass is 239 g/mol. The van der Waals surface area contributed by atoms with Crippen LogP contribution in [-0.2, 0) is 12.0 Å². The predicted molar refractivity (Wildman–Crippen MR) is 72.1 cm³/mol. The molecule has 92 valence electrons. The van der Waals surface area contributed by atoms with Crippen LogP contribution in [0, 0.1) is 6.92 Å². The van der Waals surface area contributed by atoms with E-state index in [1.54, 1.807) is 0 Å². The Morgan fingerprint density at radius 3 is 2.83 bits per heavy atom. The lowest BCUT2D eigenvalue weighted by molar-refractivity contribution is 0.480. The van der Waals surface area contributed by atoms with Crippen molar-refractivity contribution in [1.29, 1.82) is 0 Å². The molecule has 1 aromatic carbocycles. The second-order valence-corrected chi connectivity index (χ2v) is 5.30. The van der Waals surface area contributed by atoms with Gasteiger partial charge in [0, 0.05) is 11.8 Å². The number of benzene rings is 1. The molecule has 3 rings (SSSR count). The Balaban J connectivity index is 2.14. The maximum atomic E-state index is 6.28. The van der Waals surface area contributed by atoms with Crippen LogP contribution in [0.1, 0.15) is 30.2 Å². The highest BCUT2D eigenvalue weighted by Gasteiger charge is 2.32. The van der Waals surface area contributed by atoms with Gasteiger partial charge in [0.25, 0.3) is 0 Å². The molecule has 1 unspecified atom stereocenters. The summed E-state index contributed by atoms with van der Waals surface area (Å²) in [5, 5.41) is 0. The Hall–Kier alpha value is -1.74. The molecule has 1 atom stereocenters. The molecule has 1 heterocycles. The molecule has 18 heavy (non-hydrogen) atoms. The van der Waals surface area contributed by atoms with E-state index in [1.165, 1.54) is 11.1 Å². The third-order valence-corrected chi connectivity index (χ3v) is 3.71. The topological polar surface area (TPSA) is 51.8 Å². The quantitative estimate of drug-likeness (QED) is 0.832. The number of aromatic nitrogens is 2. The smallest absolute Gasteiger partial charge is 0.159 e. The molecule has 0 saturated heterocycles. The Bertz CT molecular complexity index is 602. The van der Waals surface area contributed by atoms with Crippen molar-refractivity contribution in [2.75, 3.05) is 0 Å². The molecule has 3 nitrogen and oxygen atoms in total. The molecule has 0 bridgehead atoms. The highest BCUT2D eigenvalue weighted by Crippen LogP contribution is 2.33. The van der Waals surface area contributed by atoms with Crippen LogP contribution < -0.4 is 5.73 Å². The minimum atomic E-state index is -0.310. The zero-order valence-electron chi connectivity index (χ0n) is 10.8. The number of hydrogen-bond acceptors (Lipinski definition) is 3. The summed E-state index contributed by atoms with van der Waals surface area (Å²) >= 11 is 0. The second-order valence-electron chi connectivity index (χ2n) is 5.30. The Labute approximate surface area is 107 Å². The number of fused-ring (bicyclic) bond motifs is 1. The fourth-order valence-corrected chi connectivity index (χ4v) is 2.55. The first-order chi connectivity index (χ1) is 8.58. The Morgan fingerprint density at radius 1 is 1.28 bits per heavy atom. The van der Waals surface area contributed by atoms with E-state index in [2.05, 4.69) is 24.0 Å². The highest BCUT2D eigenvalue weighted by molar-refractivity contribution is 5.60. The van der Waals surface area contributed by atoms with Gasteiger partial charge in [0.05, 0.1) is 11.2 Å². The first-order valence-corrected chi connectivity index (χ1v) is 6.29. The lowest BCUT2D eigenvalue weighted by atomic mass is 10.0. The summed E-state index contributed by atoms with van der Waals surface area (Å²) in [6, 6.07) is 8.17. The van der Waals surface area contributed by atoms with E-state index in [9.17, 15) is 0 Å². The summed E-state index contributed by atoms with van der Waals surface area (Å²) in [7, 11) is 0. The number of hydrogen-bond donors (Lipinski definition) is 1. The molecule has 3 heteroatoms. The molecule has 0 saturated carbocycles. The van der Waals surface area contributed by atoms with Crippen LogP contribution in [0.25, 0.3) is 11.4 Å². The molecule has 0 aliphatic heterocycles. The van der Waals surface area contributed by atoms with Crippen molar-refractivity contribution in [2.45, 2.75) is 32.2 Å². The standard InChI is InChI=1S/C15H17N3/c1-10-5-3-4-6-12(10)14-17-9-11-7-8-15(2,16)13(11)18-14/h3-6,9H,7-8,16H2,1-2H3. The molecule has 0 radical (unpaired) electrons. The van der Waals surface area contributed by atoms with Crippen molar-refractivity contribution in [3.05, 3.63) is 47.3 Å². The molecule has 1 aliphatic rings. The summed E-state index contributed by atoms with van der Waals surface area (Å²) < 4.78 is 0. The van der Waals surface area contributed by atoms with Gasteiger partial charge < -0.3 is 5.73 Å². The maximum Gasteiger partial charge on any atom is 0.159 e. The lowest BCUT2D eigenvalue weighted by Gasteiger charge is -2.18. The normalized spacial score (nSPS) is 21.9. The first kappa shape index (κ1) is 11.4. The molecule has 2 N–H and O–H groups in total. The zero-order valence-corrected chi connectivity index (χ0v) is 10.8. The van der Waals surface area contributed by atoms with Crippen molar-refractivity contribution in [3.63, 3.8) is 0 Å². The summed E-state index contributed by atoms with van der Waals surface area (Å²) in [5.41, 5.74) is 10.5. The van der Waals surface area contributed by atoms with Crippen LogP contribution in [-0.4, -0.2) is 9.97 Å². The Morgan fingerprint density at radius 2 is 2.06 bits per heavy atom. The average molecular weight is 239 g/mol.